The van der Waals surface area contributed by atoms with E-state index in [2.05, 4.69) is 10.4 Å². The average molecular weight is 317 g/mol. The minimum atomic E-state index is -1.14. The van der Waals surface area contributed by atoms with Gasteiger partial charge < -0.3 is 10.4 Å². The predicted octanol–water partition coefficient (Wildman–Crippen LogP) is 1.40. The second-order valence-electron chi connectivity index (χ2n) is 5.31. The van der Waals surface area contributed by atoms with Crippen LogP contribution in [0.1, 0.15) is 37.2 Å². The van der Waals surface area contributed by atoms with Gasteiger partial charge in [0.1, 0.15) is 6.04 Å². The van der Waals surface area contributed by atoms with Crippen LogP contribution in [0.3, 0.4) is 0 Å². The van der Waals surface area contributed by atoms with E-state index in [4.69, 9.17) is 5.11 Å². The van der Waals surface area contributed by atoms with Crippen LogP contribution in [0.15, 0.2) is 29.1 Å². The van der Waals surface area contributed by atoms with Crippen molar-refractivity contribution in [3.63, 3.8) is 0 Å². The Morgan fingerprint density at radius 3 is 2.57 bits per heavy atom. The number of hydrogen-bond donors (Lipinski definition) is 2. The monoisotopic (exact) mass is 317 g/mol. The van der Waals surface area contributed by atoms with Gasteiger partial charge in [-0.1, -0.05) is 31.5 Å². The SMILES string of the molecule is CCCCn1nc(C(=O)N[C@@H](C)C(=O)O)c2ccccc2c1=O. The molecule has 1 amide bonds. The summed E-state index contributed by atoms with van der Waals surface area (Å²) in [5, 5.41) is 16.3. The molecule has 2 N–H and O–H groups in total. The molecule has 0 bridgehead atoms. The summed E-state index contributed by atoms with van der Waals surface area (Å²) in [4.78, 5) is 35.7. The third-order valence-electron chi connectivity index (χ3n) is 3.52. The van der Waals surface area contributed by atoms with Gasteiger partial charge in [-0.2, -0.15) is 5.10 Å². The maximum Gasteiger partial charge on any atom is 0.325 e. The van der Waals surface area contributed by atoms with Crippen molar-refractivity contribution >= 4 is 22.6 Å². The Hall–Kier alpha value is -2.70. The second-order valence-corrected chi connectivity index (χ2v) is 5.31. The number of benzene rings is 1. The molecule has 0 radical (unpaired) electrons. The van der Waals surface area contributed by atoms with Crippen molar-refractivity contribution < 1.29 is 14.7 Å². The van der Waals surface area contributed by atoms with Gasteiger partial charge in [0.05, 0.1) is 5.39 Å². The maximum atomic E-state index is 12.4. The normalized spacial score (nSPS) is 12.1. The van der Waals surface area contributed by atoms with Crippen LogP contribution >= 0.6 is 0 Å². The van der Waals surface area contributed by atoms with Crippen LogP contribution < -0.4 is 10.9 Å². The zero-order valence-corrected chi connectivity index (χ0v) is 13.1. The van der Waals surface area contributed by atoms with E-state index >= 15 is 0 Å². The van der Waals surface area contributed by atoms with Crippen LogP contribution in [-0.2, 0) is 11.3 Å². The number of hydrogen-bond acceptors (Lipinski definition) is 4. The molecule has 1 aromatic carbocycles. The van der Waals surface area contributed by atoms with Crippen LogP contribution in [-0.4, -0.2) is 32.8 Å². The van der Waals surface area contributed by atoms with Crippen molar-refractivity contribution in [2.45, 2.75) is 39.3 Å². The van der Waals surface area contributed by atoms with Crippen LogP contribution in [0.5, 0.6) is 0 Å². The summed E-state index contributed by atoms with van der Waals surface area (Å²) in [7, 11) is 0. The third kappa shape index (κ3) is 3.56. The number of nitrogens with zero attached hydrogens (tertiary/aromatic N) is 2. The van der Waals surface area contributed by atoms with Gasteiger partial charge in [0, 0.05) is 11.9 Å². The second kappa shape index (κ2) is 7.04. The van der Waals surface area contributed by atoms with Crippen molar-refractivity contribution in [3.05, 3.63) is 40.3 Å². The zero-order chi connectivity index (χ0) is 17.0. The Morgan fingerprint density at radius 2 is 1.96 bits per heavy atom. The van der Waals surface area contributed by atoms with Crippen molar-refractivity contribution in [1.82, 2.24) is 15.1 Å². The van der Waals surface area contributed by atoms with Gasteiger partial charge in [-0.05, 0) is 19.4 Å². The quantitative estimate of drug-likeness (QED) is 0.838. The van der Waals surface area contributed by atoms with Gasteiger partial charge in [-0.3, -0.25) is 14.4 Å². The third-order valence-corrected chi connectivity index (χ3v) is 3.52. The van der Waals surface area contributed by atoms with Gasteiger partial charge in [-0.25, -0.2) is 4.68 Å². The summed E-state index contributed by atoms with van der Waals surface area (Å²) >= 11 is 0. The van der Waals surface area contributed by atoms with E-state index in [-0.39, 0.29) is 11.3 Å². The van der Waals surface area contributed by atoms with E-state index in [9.17, 15) is 14.4 Å². The van der Waals surface area contributed by atoms with E-state index in [1.165, 1.54) is 11.6 Å². The van der Waals surface area contributed by atoms with Gasteiger partial charge in [-0.15, -0.1) is 0 Å². The van der Waals surface area contributed by atoms with Crippen molar-refractivity contribution in [2.75, 3.05) is 0 Å². The molecule has 0 saturated carbocycles. The fraction of sp³-hybridized carbons (Fsp3) is 0.375. The molecule has 7 heteroatoms. The van der Waals surface area contributed by atoms with E-state index in [0.29, 0.717) is 17.3 Å². The fourth-order valence-corrected chi connectivity index (χ4v) is 2.19. The van der Waals surface area contributed by atoms with E-state index in [1.54, 1.807) is 24.3 Å². The largest absolute Gasteiger partial charge is 0.480 e. The summed E-state index contributed by atoms with van der Waals surface area (Å²) in [5.41, 5.74) is -0.193. The summed E-state index contributed by atoms with van der Waals surface area (Å²) in [6.07, 6.45) is 1.65. The molecule has 2 rings (SSSR count). The first-order valence-electron chi connectivity index (χ1n) is 7.49. The van der Waals surface area contributed by atoms with Gasteiger partial charge >= 0.3 is 5.97 Å². The van der Waals surface area contributed by atoms with E-state index < -0.39 is 17.9 Å². The molecule has 1 atom stereocenters. The van der Waals surface area contributed by atoms with Gasteiger partial charge in [0.15, 0.2) is 5.69 Å². The molecule has 0 aliphatic heterocycles. The number of carboxylic acid groups (broad SMARTS) is 1. The highest BCUT2D eigenvalue weighted by atomic mass is 16.4. The summed E-state index contributed by atoms with van der Waals surface area (Å²) in [6, 6.07) is 5.65. The highest BCUT2D eigenvalue weighted by molar-refractivity contribution is 6.05. The number of unbranched alkanes of at least 4 members (excludes halogenated alkanes) is 1. The molecule has 0 fully saturated rings. The Balaban J connectivity index is 2.53. The lowest BCUT2D eigenvalue weighted by Gasteiger charge is -2.12. The zero-order valence-electron chi connectivity index (χ0n) is 13.1. The van der Waals surface area contributed by atoms with Crippen molar-refractivity contribution in [1.29, 1.82) is 0 Å². The Morgan fingerprint density at radius 1 is 1.30 bits per heavy atom. The molecule has 122 valence electrons. The highest BCUT2D eigenvalue weighted by Gasteiger charge is 2.20. The summed E-state index contributed by atoms with van der Waals surface area (Å²) in [6.45, 7) is 3.78. The number of aryl methyl sites for hydroxylation is 1. The lowest BCUT2D eigenvalue weighted by Crippen LogP contribution is -2.39. The Bertz CT molecular complexity index is 798. The minimum Gasteiger partial charge on any atom is -0.480 e. The molecular weight excluding hydrogens is 298 g/mol. The molecule has 2 aromatic rings. The molecule has 1 aromatic heterocycles. The van der Waals surface area contributed by atoms with Crippen LogP contribution in [0.25, 0.3) is 10.8 Å². The van der Waals surface area contributed by atoms with Crippen LogP contribution in [0.2, 0.25) is 0 Å². The fourth-order valence-electron chi connectivity index (χ4n) is 2.19. The van der Waals surface area contributed by atoms with Crippen molar-refractivity contribution in [2.24, 2.45) is 0 Å². The number of rotatable bonds is 6. The number of aromatic nitrogens is 2. The molecule has 7 nitrogen and oxygen atoms in total. The smallest absolute Gasteiger partial charge is 0.325 e. The summed E-state index contributed by atoms with van der Waals surface area (Å²) in [5.74, 6) is -1.75. The number of carboxylic acids is 1. The molecule has 1 heterocycles. The number of nitrogens with one attached hydrogen (secondary N) is 1. The average Bonchev–Trinajstić information content (AvgIpc) is 2.54. The first-order chi connectivity index (χ1) is 11.0. The van der Waals surface area contributed by atoms with E-state index in [1.807, 2.05) is 6.92 Å². The highest BCUT2D eigenvalue weighted by Crippen LogP contribution is 2.13. The van der Waals surface area contributed by atoms with Gasteiger partial charge in [0.2, 0.25) is 0 Å². The van der Waals surface area contributed by atoms with Crippen molar-refractivity contribution in [3.8, 4) is 0 Å². The number of aliphatic carboxylic acids is 1. The van der Waals surface area contributed by atoms with Gasteiger partial charge in [0.25, 0.3) is 11.5 Å². The molecular formula is C16H19N3O4. The maximum absolute atomic E-state index is 12.4. The predicted molar refractivity (Wildman–Crippen MR) is 85.5 cm³/mol. The molecule has 0 aliphatic carbocycles. The van der Waals surface area contributed by atoms with Crippen LogP contribution in [0.4, 0.5) is 0 Å². The van der Waals surface area contributed by atoms with E-state index in [0.717, 1.165) is 12.8 Å². The number of fused-ring (bicyclic) bond motifs is 1. The Kier molecular flexibility index (Phi) is 5.10. The lowest BCUT2D eigenvalue weighted by molar-refractivity contribution is -0.138. The first-order valence-corrected chi connectivity index (χ1v) is 7.49. The lowest BCUT2D eigenvalue weighted by atomic mass is 10.1. The molecule has 0 unspecified atom stereocenters. The first kappa shape index (κ1) is 16.7. The standard InChI is InChI=1S/C16H19N3O4/c1-3-4-9-19-15(21)12-8-6-5-7-11(12)13(18-19)14(20)17-10(2)16(22)23/h5-8,10H,3-4,9H2,1-2H3,(H,17,20)(H,22,23)/t10-/m0/s1. The van der Waals surface area contributed by atoms with Crippen LogP contribution in [0, 0.1) is 0 Å². The summed E-state index contributed by atoms with van der Waals surface area (Å²) < 4.78 is 1.27. The number of carbonyl (C=O) groups is 2. The number of amides is 1. The minimum absolute atomic E-state index is 0.0596. The topological polar surface area (TPSA) is 101 Å². The molecule has 23 heavy (non-hydrogen) atoms. The molecule has 0 aliphatic rings. The number of carbonyl (C=O) groups excluding carboxylic acids is 1. The molecule has 0 spiro atoms. The Labute approximate surface area is 132 Å². The molecule has 0 saturated heterocycles.